The molecule has 1 saturated heterocycles. The first-order chi connectivity index (χ1) is 10.3. The second-order valence-corrected chi connectivity index (χ2v) is 7.60. The van der Waals surface area contributed by atoms with Gasteiger partial charge >= 0.3 is 6.09 Å². The minimum absolute atomic E-state index is 0.156. The van der Waals surface area contributed by atoms with Gasteiger partial charge in [0.25, 0.3) is 0 Å². The van der Waals surface area contributed by atoms with Gasteiger partial charge in [0.2, 0.25) is 0 Å². The maximum absolute atomic E-state index is 12.1. The standard InChI is InChI=1S/C17H25N3O2/c1-12-5-6-13(9-18-12)20-10-14(17(11-20)7-8-17)19-15(21)22-16(2,3)4/h5-6,9,14H,7-8,10-11H2,1-4H3,(H,19,21)/t14-/m0/s1. The molecular formula is C17H25N3O2. The normalized spacial score (nSPS) is 22.7. The summed E-state index contributed by atoms with van der Waals surface area (Å²) in [6.07, 6.45) is 3.95. The zero-order chi connectivity index (χ0) is 16.0. The lowest BCUT2D eigenvalue weighted by atomic mass is 10.0. The van der Waals surface area contributed by atoms with Gasteiger partial charge in [-0.25, -0.2) is 4.79 Å². The van der Waals surface area contributed by atoms with Crippen molar-refractivity contribution in [2.24, 2.45) is 5.41 Å². The molecule has 2 fully saturated rings. The Kier molecular flexibility index (Phi) is 3.54. The van der Waals surface area contributed by atoms with E-state index in [4.69, 9.17) is 4.74 Å². The summed E-state index contributed by atoms with van der Waals surface area (Å²) in [5, 5.41) is 3.08. The van der Waals surface area contributed by atoms with E-state index in [0.717, 1.165) is 24.5 Å². The van der Waals surface area contributed by atoms with Gasteiger partial charge in [0, 0.05) is 24.2 Å². The highest BCUT2D eigenvalue weighted by molar-refractivity contribution is 5.69. The number of aryl methyl sites for hydroxylation is 1. The van der Waals surface area contributed by atoms with Crippen molar-refractivity contribution in [1.82, 2.24) is 10.3 Å². The molecule has 2 aliphatic rings. The van der Waals surface area contributed by atoms with E-state index in [1.54, 1.807) is 0 Å². The lowest BCUT2D eigenvalue weighted by Crippen LogP contribution is -2.44. The van der Waals surface area contributed by atoms with Crippen LogP contribution in [0, 0.1) is 12.3 Å². The zero-order valence-electron chi connectivity index (χ0n) is 13.8. The monoisotopic (exact) mass is 303 g/mol. The molecule has 1 aliphatic heterocycles. The van der Waals surface area contributed by atoms with Crippen LogP contribution in [-0.2, 0) is 4.74 Å². The second kappa shape index (κ2) is 5.14. The van der Waals surface area contributed by atoms with Crippen molar-refractivity contribution < 1.29 is 9.53 Å². The van der Waals surface area contributed by atoms with E-state index >= 15 is 0 Å². The Hall–Kier alpha value is -1.78. The van der Waals surface area contributed by atoms with Gasteiger partial charge in [-0.2, -0.15) is 0 Å². The number of carbonyl (C=O) groups excluding carboxylic acids is 1. The molecule has 0 bridgehead atoms. The van der Waals surface area contributed by atoms with Gasteiger partial charge in [0.05, 0.1) is 17.9 Å². The second-order valence-electron chi connectivity index (χ2n) is 7.60. The Morgan fingerprint density at radius 1 is 1.41 bits per heavy atom. The molecule has 1 spiro atoms. The zero-order valence-corrected chi connectivity index (χ0v) is 13.8. The maximum atomic E-state index is 12.1. The molecule has 0 aromatic carbocycles. The summed E-state index contributed by atoms with van der Waals surface area (Å²) in [7, 11) is 0. The van der Waals surface area contributed by atoms with Crippen LogP contribution < -0.4 is 10.2 Å². The number of rotatable bonds is 2. The van der Waals surface area contributed by atoms with E-state index in [2.05, 4.69) is 21.3 Å². The van der Waals surface area contributed by atoms with E-state index in [-0.39, 0.29) is 17.6 Å². The number of nitrogens with one attached hydrogen (secondary N) is 1. The average molecular weight is 303 g/mol. The molecule has 120 valence electrons. The summed E-state index contributed by atoms with van der Waals surface area (Å²) in [5.41, 5.74) is 1.92. The number of alkyl carbamates (subject to hydrolysis) is 1. The smallest absolute Gasteiger partial charge is 0.407 e. The van der Waals surface area contributed by atoms with Crippen LogP contribution in [0.1, 0.15) is 39.3 Å². The van der Waals surface area contributed by atoms with Crippen LogP contribution in [0.5, 0.6) is 0 Å². The van der Waals surface area contributed by atoms with Crippen LogP contribution in [0.3, 0.4) is 0 Å². The number of carbonyl (C=O) groups is 1. The summed E-state index contributed by atoms with van der Waals surface area (Å²) in [4.78, 5) is 18.7. The number of hydrogen-bond acceptors (Lipinski definition) is 4. The van der Waals surface area contributed by atoms with Crippen molar-refractivity contribution in [3.05, 3.63) is 24.0 Å². The molecular weight excluding hydrogens is 278 g/mol. The SMILES string of the molecule is Cc1ccc(N2C[C@H](NC(=O)OC(C)(C)C)C3(CC3)C2)cn1. The molecule has 1 amide bonds. The Bertz CT molecular complexity index is 558. The predicted molar refractivity (Wildman–Crippen MR) is 86.0 cm³/mol. The first kappa shape index (κ1) is 15.1. The average Bonchev–Trinajstić information content (AvgIpc) is 3.08. The number of pyridine rings is 1. The summed E-state index contributed by atoms with van der Waals surface area (Å²) < 4.78 is 5.40. The van der Waals surface area contributed by atoms with Crippen LogP contribution in [0.15, 0.2) is 18.3 Å². The van der Waals surface area contributed by atoms with Gasteiger partial charge in [-0.05, 0) is 52.7 Å². The fourth-order valence-corrected chi connectivity index (χ4v) is 3.13. The van der Waals surface area contributed by atoms with E-state index in [9.17, 15) is 4.79 Å². The number of nitrogens with zero attached hydrogens (tertiary/aromatic N) is 2. The highest BCUT2D eigenvalue weighted by atomic mass is 16.6. The van der Waals surface area contributed by atoms with E-state index in [1.807, 2.05) is 40.0 Å². The van der Waals surface area contributed by atoms with E-state index in [0.29, 0.717) is 0 Å². The fourth-order valence-electron chi connectivity index (χ4n) is 3.13. The molecule has 1 aromatic rings. The topological polar surface area (TPSA) is 54.5 Å². The van der Waals surface area contributed by atoms with Crippen molar-refractivity contribution in [2.75, 3.05) is 18.0 Å². The van der Waals surface area contributed by atoms with Gasteiger partial charge in [-0.15, -0.1) is 0 Å². The molecule has 22 heavy (non-hydrogen) atoms. The Morgan fingerprint density at radius 2 is 2.14 bits per heavy atom. The Labute approximate surface area is 132 Å². The van der Waals surface area contributed by atoms with Crippen molar-refractivity contribution in [2.45, 2.75) is 52.2 Å². The molecule has 1 atom stereocenters. The number of ether oxygens (including phenoxy) is 1. The Balaban J connectivity index is 1.66. The highest BCUT2D eigenvalue weighted by Gasteiger charge is 2.55. The van der Waals surface area contributed by atoms with Crippen molar-refractivity contribution in [3.8, 4) is 0 Å². The van der Waals surface area contributed by atoms with Crippen LogP contribution in [0.25, 0.3) is 0 Å². The quantitative estimate of drug-likeness (QED) is 0.913. The third kappa shape index (κ3) is 3.18. The molecule has 1 aliphatic carbocycles. The number of amides is 1. The van der Waals surface area contributed by atoms with Crippen molar-refractivity contribution in [3.63, 3.8) is 0 Å². The number of anilines is 1. The molecule has 5 nitrogen and oxygen atoms in total. The summed E-state index contributed by atoms with van der Waals surface area (Å²) in [5.74, 6) is 0. The first-order valence-corrected chi connectivity index (χ1v) is 7.95. The van der Waals surface area contributed by atoms with Crippen LogP contribution >= 0.6 is 0 Å². The van der Waals surface area contributed by atoms with Gasteiger partial charge < -0.3 is 15.0 Å². The molecule has 1 saturated carbocycles. The molecule has 1 aromatic heterocycles. The van der Waals surface area contributed by atoms with Gasteiger partial charge in [-0.3, -0.25) is 4.98 Å². The molecule has 3 rings (SSSR count). The van der Waals surface area contributed by atoms with Crippen molar-refractivity contribution in [1.29, 1.82) is 0 Å². The largest absolute Gasteiger partial charge is 0.444 e. The van der Waals surface area contributed by atoms with E-state index < -0.39 is 5.60 Å². The van der Waals surface area contributed by atoms with Gasteiger partial charge in [0.15, 0.2) is 0 Å². The lowest BCUT2D eigenvalue weighted by Gasteiger charge is -2.24. The van der Waals surface area contributed by atoms with E-state index in [1.165, 1.54) is 12.8 Å². The van der Waals surface area contributed by atoms with Crippen LogP contribution in [0.4, 0.5) is 10.5 Å². The molecule has 2 heterocycles. The molecule has 0 radical (unpaired) electrons. The third-order valence-corrected chi connectivity index (χ3v) is 4.49. The fraction of sp³-hybridized carbons (Fsp3) is 0.647. The van der Waals surface area contributed by atoms with Gasteiger partial charge in [-0.1, -0.05) is 0 Å². The highest BCUT2D eigenvalue weighted by Crippen LogP contribution is 2.53. The first-order valence-electron chi connectivity index (χ1n) is 7.95. The molecule has 1 N–H and O–H groups in total. The molecule has 5 heteroatoms. The van der Waals surface area contributed by atoms with Gasteiger partial charge in [0.1, 0.15) is 5.60 Å². The summed E-state index contributed by atoms with van der Waals surface area (Å²) in [6.45, 7) is 9.46. The lowest BCUT2D eigenvalue weighted by molar-refractivity contribution is 0.0493. The Morgan fingerprint density at radius 3 is 2.68 bits per heavy atom. The number of hydrogen-bond donors (Lipinski definition) is 1. The minimum Gasteiger partial charge on any atom is -0.444 e. The number of aromatic nitrogens is 1. The van der Waals surface area contributed by atoms with Crippen molar-refractivity contribution >= 4 is 11.8 Å². The molecule has 0 unspecified atom stereocenters. The third-order valence-electron chi connectivity index (χ3n) is 4.49. The minimum atomic E-state index is -0.458. The summed E-state index contributed by atoms with van der Waals surface area (Å²) in [6, 6.07) is 4.29. The van der Waals surface area contributed by atoms with Crippen LogP contribution in [-0.4, -0.2) is 35.8 Å². The van der Waals surface area contributed by atoms with Crippen LogP contribution in [0.2, 0.25) is 0 Å². The predicted octanol–water partition coefficient (Wildman–Crippen LogP) is 2.88. The maximum Gasteiger partial charge on any atom is 0.407 e. The summed E-state index contributed by atoms with van der Waals surface area (Å²) >= 11 is 0.